The second kappa shape index (κ2) is 8.06. The molecule has 0 spiro atoms. The topological polar surface area (TPSA) is 76.7 Å². The molecule has 0 atom stereocenters. The second-order valence-corrected chi connectivity index (χ2v) is 6.61. The van der Waals surface area contributed by atoms with Crippen molar-refractivity contribution >= 4 is 23.2 Å². The zero-order valence-electron chi connectivity index (χ0n) is 15.9. The Morgan fingerprint density at radius 1 is 0.793 bits per heavy atom. The number of fused-ring (bicyclic) bond motifs is 1. The fraction of sp³-hybridized carbons (Fsp3) is 0.130. The Bertz CT molecular complexity index is 1060. The number of rotatable bonds is 5. The van der Waals surface area contributed by atoms with Gasteiger partial charge in [-0.3, -0.25) is 9.59 Å². The summed E-state index contributed by atoms with van der Waals surface area (Å²) < 4.78 is 10.6. The van der Waals surface area contributed by atoms with Crippen molar-refractivity contribution in [2.24, 2.45) is 0 Å². The summed E-state index contributed by atoms with van der Waals surface area (Å²) in [5.74, 6) is 0.649. The standard InChI is InChI=1S/C23H20N2O4/c1-2-15-6-8-18(9-7-15)24-22(26)16-4-3-5-17(12-16)23(27)25-19-10-11-20-21(13-19)29-14-28-20/h3-13H,2,14H2,1H3,(H,24,26)(H,25,27). The van der Waals surface area contributed by atoms with Crippen molar-refractivity contribution in [1.29, 1.82) is 0 Å². The van der Waals surface area contributed by atoms with E-state index in [9.17, 15) is 9.59 Å². The number of ether oxygens (including phenoxy) is 2. The smallest absolute Gasteiger partial charge is 0.255 e. The second-order valence-electron chi connectivity index (χ2n) is 6.61. The third kappa shape index (κ3) is 4.21. The van der Waals surface area contributed by atoms with Crippen LogP contribution in [0.5, 0.6) is 11.5 Å². The lowest BCUT2D eigenvalue weighted by Crippen LogP contribution is -2.15. The molecule has 0 saturated heterocycles. The first-order valence-corrected chi connectivity index (χ1v) is 9.34. The summed E-state index contributed by atoms with van der Waals surface area (Å²) in [5, 5.41) is 5.66. The quantitative estimate of drug-likeness (QED) is 0.676. The highest BCUT2D eigenvalue weighted by Crippen LogP contribution is 2.34. The van der Waals surface area contributed by atoms with Crippen molar-refractivity contribution in [2.45, 2.75) is 13.3 Å². The number of hydrogen-bond donors (Lipinski definition) is 2. The van der Waals surface area contributed by atoms with E-state index in [-0.39, 0.29) is 18.6 Å². The minimum Gasteiger partial charge on any atom is -0.454 e. The van der Waals surface area contributed by atoms with Gasteiger partial charge in [-0.2, -0.15) is 0 Å². The molecular formula is C23H20N2O4. The van der Waals surface area contributed by atoms with Gasteiger partial charge in [0.15, 0.2) is 11.5 Å². The summed E-state index contributed by atoms with van der Waals surface area (Å²) in [6.07, 6.45) is 0.939. The molecule has 0 aliphatic carbocycles. The van der Waals surface area contributed by atoms with Crippen LogP contribution in [0.3, 0.4) is 0 Å². The Balaban J connectivity index is 1.45. The first kappa shape index (κ1) is 18.6. The summed E-state index contributed by atoms with van der Waals surface area (Å²) in [6, 6.07) is 19.5. The number of nitrogens with one attached hydrogen (secondary N) is 2. The average molecular weight is 388 g/mol. The number of carbonyl (C=O) groups excluding carboxylic acids is 2. The Kier molecular flexibility index (Phi) is 5.16. The van der Waals surface area contributed by atoms with Gasteiger partial charge in [0.1, 0.15) is 0 Å². The van der Waals surface area contributed by atoms with E-state index in [1.165, 1.54) is 5.56 Å². The highest BCUT2D eigenvalue weighted by Gasteiger charge is 2.15. The van der Waals surface area contributed by atoms with Crippen molar-refractivity contribution < 1.29 is 19.1 Å². The maximum atomic E-state index is 12.6. The van der Waals surface area contributed by atoms with Gasteiger partial charge in [0, 0.05) is 28.6 Å². The first-order chi connectivity index (χ1) is 14.1. The number of benzene rings is 3. The van der Waals surface area contributed by atoms with Crippen LogP contribution in [0.25, 0.3) is 0 Å². The SMILES string of the molecule is CCc1ccc(NC(=O)c2cccc(C(=O)Nc3ccc4c(c3)OCO4)c2)cc1. The Morgan fingerprint density at radius 3 is 2.10 bits per heavy atom. The molecule has 0 unspecified atom stereocenters. The predicted octanol–water partition coefficient (Wildman–Crippen LogP) is 4.48. The molecule has 3 aromatic rings. The normalized spacial score (nSPS) is 11.8. The summed E-state index contributed by atoms with van der Waals surface area (Å²) >= 11 is 0. The molecule has 2 amide bonds. The van der Waals surface area contributed by atoms with Crippen LogP contribution < -0.4 is 20.1 Å². The van der Waals surface area contributed by atoms with Crippen LogP contribution in [0, 0.1) is 0 Å². The molecule has 29 heavy (non-hydrogen) atoms. The van der Waals surface area contributed by atoms with Gasteiger partial charge >= 0.3 is 0 Å². The van der Waals surface area contributed by atoms with Gasteiger partial charge in [-0.05, 0) is 54.4 Å². The number of aryl methyl sites for hydroxylation is 1. The number of hydrogen-bond acceptors (Lipinski definition) is 4. The summed E-state index contributed by atoms with van der Waals surface area (Å²) in [6.45, 7) is 2.25. The summed E-state index contributed by atoms with van der Waals surface area (Å²) in [4.78, 5) is 25.2. The molecule has 1 heterocycles. The molecule has 6 nitrogen and oxygen atoms in total. The molecule has 0 bridgehead atoms. The van der Waals surface area contributed by atoms with E-state index >= 15 is 0 Å². The van der Waals surface area contributed by atoms with Crippen molar-refractivity contribution in [3.05, 3.63) is 83.4 Å². The van der Waals surface area contributed by atoms with E-state index in [0.717, 1.165) is 6.42 Å². The molecule has 4 rings (SSSR count). The molecule has 0 aromatic heterocycles. The molecule has 2 N–H and O–H groups in total. The largest absolute Gasteiger partial charge is 0.454 e. The summed E-state index contributed by atoms with van der Waals surface area (Å²) in [7, 11) is 0. The van der Waals surface area contributed by atoms with Crippen LogP contribution in [0.15, 0.2) is 66.7 Å². The zero-order valence-corrected chi connectivity index (χ0v) is 15.9. The van der Waals surface area contributed by atoms with Crippen molar-refractivity contribution in [3.8, 4) is 11.5 Å². The van der Waals surface area contributed by atoms with E-state index < -0.39 is 0 Å². The highest BCUT2D eigenvalue weighted by atomic mass is 16.7. The van der Waals surface area contributed by atoms with Gasteiger partial charge in [-0.1, -0.05) is 25.1 Å². The number of anilines is 2. The Morgan fingerprint density at radius 2 is 1.41 bits per heavy atom. The van der Waals surface area contributed by atoms with Crippen LogP contribution >= 0.6 is 0 Å². The molecular weight excluding hydrogens is 368 g/mol. The monoisotopic (exact) mass is 388 g/mol. The average Bonchev–Trinajstić information content (AvgIpc) is 3.22. The van der Waals surface area contributed by atoms with Gasteiger partial charge in [-0.25, -0.2) is 0 Å². The van der Waals surface area contributed by atoms with Gasteiger partial charge in [-0.15, -0.1) is 0 Å². The number of amides is 2. The third-order valence-electron chi connectivity index (χ3n) is 4.64. The zero-order chi connectivity index (χ0) is 20.2. The van der Waals surface area contributed by atoms with Crippen LogP contribution in [-0.2, 0) is 6.42 Å². The minimum atomic E-state index is -0.314. The maximum Gasteiger partial charge on any atom is 0.255 e. The van der Waals surface area contributed by atoms with E-state index in [1.807, 2.05) is 24.3 Å². The fourth-order valence-corrected chi connectivity index (χ4v) is 3.01. The molecule has 1 aliphatic rings. The molecule has 0 saturated carbocycles. The molecule has 146 valence electrons. The summed E-state index contributed by atoms with van der Waals surface area (Å²) in [5.41, 5.74) is 3.29. The van der Waals surface area contributed by atoms with Crippen LogP contribution in [-0.4, -0.2) is 18.6 Å². The van der Waals surface area contributed by atoms with E-state index in [1.54, 1.807) is 42.5 Å². The van der Waals surface area contributed by atoms with Crippen LogP contribution in [0.4, 0.5) is 11.4 Å². The highest BCUT2D eigenvalue weighted by molar-refractivity contribution is 6.08. The molecule has 0 fully saturated rings. The lowest BCUT2D eigenvalue weighted by molar-refractivity contribution is 0.102. The molecule has 6 heteroatoms. The van der Waals surface area contributed by atoms with E-state index in [2.05, 4.69) is 17.6 Å². The molecule has 0 radical (unpaired) electrons. The van der Waals surface area contributed by atoms with Gasteiger partial charge < -0.3 is 20.1 Å². The molecule has 1 aliphatic heterocycles. The van der Waals surface area contributed by atoms with Crippen LogP contribution in [0.1, 0.15) is 33.2 Å². The fourth-order valence-electron chi connectivity index (χ4n) is 3.01. The van der Waals surface area contributed by atoms with Crippen molar-refractivity contribution in [1.82, 2.24) is 0 Å². The van der Waals surface area contributed by atoms with Crippen molar-refractivity contribution in [2.75, 3.05) is 17.4 Å². The lowest BCUT2D eigenvalue weighted by atomic mass is 10.1. The molecule has 3 aromatic carbocycles. The Hall–Kier alpha value is -3.80. The van der Waals surface area contributed by atoms with Gasteiger partial charge in [0.05, 0.1) is 0 Å². The van der Waals surface area contributed by atoms with E-state index in [4.69, 9.17) is 9.47 Å². The third-order valence-corrected chi connectivity index (χ3v) is 4.64. The van der Waals surface area contributed by atoms with Crippen molar-refractivity contribution in [3.63, 3.8) is 0 Å². The van der Waals surface area contributed by atoms with Gasteiger partial charge in [0.25, 0.3) is 11.8 Å². The lowest BCUT2D eigenvalue weighted by Gasteiger charge is -2.09. The Labute approximate surface area is 168 Å². The van der Waals surface area contributed by atoms with Gasteiger partial charge in [0.2, 0.25) is 6.79 Å². The van der Waals surface area contributed by atoms with E-state index in [0.29, 0.717) is 34.0 Å². The minimum absolute atomic E-state index is 0.172. The predicted molar refractivity (Wildman–Crippen MR) is 111 cm³/mol. The maximum absolute atomic E-state index is 12.6. The first-order valence-electron chi connectivity index (χ1n) is 9.34. The number of carbonyl (C=O) groups is 2. The van der Waals surface area contributed by atoms with Crippen LogP contribution in [0.2, 0.25) is 0 Å².